The van der Waals surface area contributed by atoms with E-state index in [9.17, 15) is 19.5 Å². The third-order valence-electron chi connectivity index (χ3n) is 7.33. The number of amides is 1. The number of aliphatic hydroxyl groups excluding tert-OH is 1. The number of hydrogen-bond donors (Lipinski definition) is 1. The fraction of sp³-hybridized carbons (Fsp3) is 0.200. The first-order valence-corrected chi connectivity index (χ1v) is 15.2. The van der Waals surface area contributed by atoms with Gasteiger partial charge in [0.2, 0.25) is 5.75 Å². The highest BCUT2D eigenvalue weighted by molar-refractivity contribution is 7.17. The molecular weight excluding hydrogens is 624 g/mol. The SMILES string of the molecule is C=CCOC(=O)c1sc(N2C(=O)C(=O)/C(=C(/O)c3ccc(OCc4ccccc4)cc3)C2c2cc(OC)c(OC)c(OC)c2)nc1C. The van der Waals surface area contributed by atoms with E-state index in [-0.39, 0.29) is 39.3 Å². The Kier molecular flexibility index (Phi) is 9.91. The fourth-order valence-electron chi connectivity index (χ4n) is 5.08. The number of carbonyl (C=O) groups is 3. The van der Waals surface area contributed by atoms with Crippen molar-refractivity contribution in [1.29, 1.82) is 0 Å². The number of ketones is 1. The lowest BCUT2D eigenvalue weighted by atomic mass is 9.94. The molecule has 1 aliphatic heterocycles. The molecule has 4 aromatic rings. The average Bonchev–Trinajstić information content (AvgIpc) is 3.61. The predicted octanol–water partition coefficient (Wildman–Crippen LogP) is 6.03. The van der Waals surface area contributed by atoms with Gasteiger partial charge in [0, 0.05) is 5.56 Å². The van der Waals surface area contributed by atoms with Crippen molar-refractivity contribution in [3.8, 4) is 23.0 Å². The summed E-state index contributed by atoms with van der Waals surface area (Å²) < 4.78 is 27.6. The number of Topliss-reactive ketones (excluding diaryl/α,β-unsaturated/α-hetero) is 1. The molecule has 1 aliphatic rings. The highest BCUT2D eigenvalue weighted by Crippen LogP contribution is 2.48. The van der Waals surface area contributed by atoms with Crippen molar-refractivity contribution < 1.29 is 43.2 Å². The first-order valence-electron chi connectivity index (χ1n) is 14.4. The highest BCUT2D eigenvalue weighted by atomic mass is 32.1. The molecule has 2 heterocycles. The van der Waals surface area contributed by atoms with Crippen molar-refractivity contribution in [3.05, 3.63) is 112 Å². The molecule has 0 radical (unpaired) electrons. The monoisotopic (exact) mass is 656 g/mol. The second-order valence-corrected chi connectivity index (χ2v) is 11.2. The largest absolute Gasteiger partial charge is 0.507 e. The van der Waals surface area contributed by atoms with Crippen molar-refractivity contribution in [2.75, 3.05) is 32.8 Å². The number of aryl methyl sites for hydroxylation is 1. The lowest BCUT2D eigenvalue weighted by Crippen LogP contribution is -2.29. The Bertz CT molecular complexity index is 1820. The van der Waals surface area contributed by atoms with E-state index in [4.69, 9.17) is 23.7 Å². The summed E-state index contributed by atoms with van der Waals surface area (Å²) in [5, 5.41) is 11.7. The van der Waals surface area contributed by atoms with Gasteiger partial charge in [0.05, 0.1) is 38.6 Å². The first-order chi connectivity index (χ1) is 22.7. The number of nitrogens with zero attached hydrogens (tertiary/aromatic N) is 2. The summed E-state index contributed by atoms with van der Waals surface area (Å²) in [4.78, 5) is 46.0. The number of ether oxygens (including phenoxy) is 5. The Morgan fingerprint density at radius 1 is 1.00 bits per heavy atom. The Labute approximate surface area is 275 Å². The molecule has 11 nitrogen and oxygen atoms in total. The van der Waals surface area contributed by atoms with Gasteiger partial charge in [-0.2, -0.15) is 0 Å². The maximum Gasteiger partial charge on any atom is 0.350 e. The van der Waals surface area contributed by atoms with E-state index in [2.05, 4.69) is 11.6 Å². The molecule has 1 aromatic heterocycles. The van der Waals surface area contributed by atoms with Gasteiger partial charge in [-0.1, -0.05) is 54.3 Å². The molecule has 1 fully saturated rings. The van der Waals surface area contributed by atoms with Crippen molar-refractivity contribution in [2.24, 2.45) is 0 Å². The van der Waals surface area contributed by atoms with Crippen molar-refractivity contribution >= 4 is 39.9 Å². The zero-order valence-electron chi connectivity index (χ0n) is 26.1. The standard InChI is InChI=1S/C35H32N2O9S/c1-6-16-45-34(41)32-20(2)36-35(47-32)37-28(23-17-25(42-3)31(44-5)26(18-23)43-4)27(30(39)33(37)40)29(38)22-12-14-24(15-13-22)46-19-21-10-8-7-9-11-21/h6-15,17-18,28,38H,1,16,19H2,2-5H3/b29-27+. The minimum atomic E-state index is -1.19. The molecule has 12 heteroatoms. The summed E-state index contributed by atoms with van der Waals surface area (Å²) in [6, 6.07) is 18.1. The minimum absolute atomic E-state index is 0.0163. The molecule has 1 atom stereocenters. The van der Waals surface area contributed by atoms with E-state index in [1.807, 2.05) is 30.3 Å². The van der Waals surface area contributed by atoms with Crippen LogP contribution in [-0.2, 0) is 20.9 Å². The molecule has 3 aromatic carbocycles. The van der Waals surface area contributed by atoms with E-state index < -0.39 is 29.5 Å². The number of esters is 1. The molecule has 0 saturated carbocycles. The topological polar surface area (TPSA) is 134 Å². The average molecular weight is 657 g/mol. The van der Waals surface area contributed by atoms with Crippen LogP contribution in [0.5, 0.6) is 23.0 Å². The Morgan fingerprint density at radius 3 is 2.26 bits per heavy atom. The number of aromatic nitrogens is 1. The minimum Gasteiger partial charge on any atom is -0.507 e. The number of benzene rings is 3. The summed E-state index contributed by atoms with van der Waals surface area (Å²) >= 11 is 0.887. The molecule has 0 bridgehead atoms. The third-order valence-corrected chi connectivity index (χ3v) is 8.47. The smallest absolute Gasteiger partial charge is 0.350 e. The zero-order valence-corrected chi connectivity index (χ0v) is 27.0. The van der Waals surface area contributed by atoms with Crippen LogP contribution in [0.15, 0.2) is 85.0 Å². The molecule has 1 saturated heterocycles. The number of rotatable bonds is 12. The molecule has 0 spiro atoms. The maximum absolute atomic E-state index is 13.8. The van der Waals surface area contributed by atoms with Crippen LogP contribution in [0.2, 0.25) is 0 Å². The fourth-order valence-corrected chi connectivity index (χ4v) is 6.07. The molecule has 1 amide bonds. The van der Waals surface area contributed by atoms with Crippen LogP contribution in [0.4, 0.5) is 5.13 Å². The number of anilines is 1. The second-order valence-electron chi connectivity index (χ2n) is 10.2. The summed E-state index contributed by atoms with van der Waals surface area (Å²) in [5.41, 5.74) is 1.71. The van der Waals surface area contributed by atoms with Crippen molar-refractivity contribution in [3.63, 3.8) is 0 Å². The summed E-state index contributed by atoms with van der Waals surface area (Å²) in [6.07, 6.45) is 1.43. The van der Waals surface area contributed by atoms with Crippen LogP contribution in [0, 0.1) is 6.92 Å². The molecular formula is C35H32N2O9S. The number of carbonyl (C=O) groups excluding carboxylic acids is 3. The molecule has 1 N–H and O–H groups in total. The predicted molar refractivity (Wildman–Crippen MR) is 175 cm³/mol. The first kappa shape index (κ1) is 32.8. The van der Waals surface area contributed by atoms with Crippen LogP contribution in [0.3, 0.4) is 0 Å². The van der Waals surface area contributed by atoms with Crippen LogP contribution in [-0.4, -0.2) is 55.7 Å². The normalized spacial score (nSPS) is 15.3. The van der Waals surface area contributed by atoms with Gasteiger partial charge >= 0.3 is 11.9 Å². The number of aliphatic hydroxyl groups is 1. The Morgan fingerprint density at radius 2 is 1.66 bits per heavy atom. The van der Waals surface area contributed by atoms with Crippen LogP contribution < -0.4 is 23.8 Å². The second kappa shape index (κ2) is 14.2. The van der Waals surface area contributed by atoms with E-state index in [0.717, 1.165) is 21.8 Å². The molecule has 242 valence electrons. The Balaban J connectivity index is 1.61. The van der Waals surface area contributed by atoms with Gasteiger partial charge in [0.15, 0.2) is 16.6 Å². The van der Waals surface area contributed by atoms with Crippen LogP contribution in [0.1, 0.15) is 38.1 Å². The molecule has 47 heavy (non-hydrogen) atoms. The summed E-state index contributed by atoms with van der Waals surface area (Å²) in [7, 11) is 4.32. The highest BCUT2D eigenvalue weighted by Gasteiger charge is 2.49. The molecule has 0 aliphatic carbocycles. The van der Waals surface area contributed by atoms with E-state index in [0.29, 0.717) is 29.4 Å². The number of methoxy groups -OCH3 is 3. The lowest BCUT2D eigenvalue weighted by Gasteiger charge is -2.24. The van der Waals surface area contributed by atoms with E-state index >= 15 is 0 Å². The number of thiazole rings is 1. The zero-order chi connectivity index (χ0) is 33.7. The van der Waals surface area contributed by atoms with Crippen LogP contribution in [0.25, 0.3) is 5.76 Å². The van der Waals surface area contributed by atoms with Crippen LogP contribution >= 0.6 is 11.3 Å². The van der Waals surface area contributed by atoms with Gasteiger partial charge in [-0.05, 0) is 54.4 Å². The molecule has 5 rings (SSSR count). The van der Waals surface area contributed by atoms with Gasteiger partial charge in [-0.15, -0.1) is 0 Å². The van der Waals surface area contributed by atoms with Crippen molar-refractivity contribution in [2.45, 2.75) is 19.6 Å². The Hall–Kier alpha value is -5.62. The van der Waals surface area contributed by atoms with Gasteiger partial charge in [0.25, 0.3) is 5.78 Å². The number of hydrogen-bond acceptors (Lipinski definition) is 11. The van der Waals surface area contributed by atoms with Gasteiger partial charge < -0.3 is 28.8 Å². The van der Waals surface area contributed by atoms with Gasteiger partial charge in [-0.25, -0.2) is 9.78 Å². The third kappa shape index (κ3) is 6.54. The maximum atomic E-state index is 13.8. The van der Waals surface area contributed by atoms with E-state index in [1.54, 1.807) is 43.3 Å². The van der Waals surface area contributed by atoms with Crippen molar-refractivity contribution in [1.82, 2.24) is 4.98 Å². The van der Waals surface area contributed by atoms with E-state index in [1.165, 1.54) is 27.4 Å². The summed E-state index contributed by atoms with van der Waals surface area (Å²) in [6.45, 7) is 5.47. The lowest BCUT2D eigenvalue weighted by molar-refractivity contribution is -0.132. The van der Waals surface area contributed by atoms with Gasteiger partial charge in [0.1, 0.15) is 29.6 Å². The summed E-state index contributed by atoms with van der Waals surface area (Å²) in [5.74, 6) is -1.62. The van der Waals surface area contributed by atoms with Gasteiger partial charge in [-0.3, -0.25) is 14.5 Å². The quantitative estimate of drug-likeness (QED) is 0.0634. The molecule has 1 unspecified atom stereocenters.